The Balaban J connectivity index is 2.10. The van der Waals surface area contributed by atoms with E-state index in [1.54, 1.807) is 6.07 Å². The van der Waals surface area contributed by atoms with Crippen molar-refractivity contribution in [3.8, 4) is 0 Å². The quantitative estimate of drug-likeness (QED) is 0.848. The van der Waals surface area contributed by atoms with Gasteiger partial charge >= 0.3 is 0 Å². The van der Waals surface area contributed by atoms with E-state index in [2.05, 4.69) is 5.32 Å². The predicted octanol–water partition coefficient (Wildman–Crippen LogP) is 1.36. The van der Waals surface area contributed by atoms with Gasteiger partial charge in [-0.05, 0) is 43.9 Å². The third-order valence-electron chi connectivity index (χ3n) is 3.87. The molecule has 0 aliphatic carbocycles. The molecule has 1 saturated heterocycles. The second-order valence-electron chi connectivity index (χ2n) is 6.00. The summed E-state index contributed by atoms with van der Waals surface area (Å²) in [4.78, 5) is 12.2. The molecule has 1 aromatic rings. The molecule has 1 aliphatic heterocycles. The van der Waals surface area contributed by atoms with Gasteiger partial charge in [0.2, 0.25) is 15.9 Å². The van der Waals surface area contributed by atoms with E-state index in [0.29, 0.717) is 12.2 Å². The number of rotatable bonds is 6. The molecule has 0 radical (unpaired) electrons. The Kier molecular flexibility index (Phi) is 5.64. The van der Waals surface area contributed by atoms with Gasteiger partial charge in [-0.2, -0.15) is 0 Å². The monoisotopic (exact) mass is 340 g/mol. The molecule has 7 heteroatoms. The largest absolute Gasteiger partial charge is 0.376 e. The van der Waals surface area contributed by atoms with Gasteiger partial charge in [-0.1, -0.05) is 12.1 Å². The van der Waals surface area contributed by atoms with Gasteiger partial charge in [0.05, 0.1) is 18.0 Å². The van der Waals surface area contributed by atoms with Crippen molar-refractivity contribution in [3.05, 3.63) is 29.3 Å². The lowest BCUT2D eigenvalue weighted by Gasteiger charge is -2.24. The average Bonchev–Trinajstić information content (AvgIpc) is 2.97. The lowest BCUT2D eigenvalue weighted by Crippen LogP contribution is -2.42. The van der Waals surface area contributed by atoms with E-state index in [1.165, 1.54) is 0 Å². The van der Waals surface area contributed by atoms with Crippen molar-refractivity contribution in [3.63, 3.8) is 0 Å². The minimum Gasteiger partial charge on any atom is -0.376 e. The maximum absolute atomic E-state index is 12.2. The number of benzene rings is 1. The highest BCUT2D eigenvalue weighted by atomic mass is 32.2. The highest BCUT2D eigenvalue weighted by molar-refractivity contribution is 7.92. The van der Waals surface area contributed by atoms with Crippen molar-refractivity contribution in [1.29, 1.82) is 0 Å². The van der Waals surface area contributed by atoms with E-state index in [4.69, 9.17) is 4.74 Å². The number of carbonyl (C=O) groups is 1. The van der Waals surface area contributed by atoms with Gasteiger partial charge < -0.3 is 10.1 Å². The van der Waals surface area contributed by atoms with Gasteiger partial charge in [0, 0.05) is 13.2 Å². The zero-order valence-corrected chi connectivity index (χ0v) is 14.6. The van der Waals surface area contributed by atoms with Crippen LogP contribution in [0.3, 0.4) is 0 Å². The summed E-state index contributed by atoms with van der Waals surface area (Å²) < 4.78 is 30.8. The van der Waals surface area contributed by atoms with E-state index in [0.717, 1.165) is 41.1 Å². The molecule has 6 nitrogen and oxygen atoms in total. The highest BCUT2D eigenvalue weighted by Gasteiger charge is 2.23. The number of hydrogen-bond acceptors (Lipinski definition) is 4. The molecule has 0 aromatic heterocycles. The van der Waals surface area contributed by atoms with Crippen LogP contribution in [-0.2, 0) is 19.6 Å². The topological polar surface area (TPSA) is 75.7 Å². The number of hydrogen-bond donors (Lipinski definition) is 1. The standard InChI is InChI=1S/C16H24N2O4S/c1-12-6-7-13(2)15(9-12)18(23(3,20)21)11-16(19)17-10-14-5-4-8-22-14/h6-7,9,14H,4-5,8,10-11H2,1-3H3,(H,17,19)/t14-/m1/s1. The molecular formula is C16H24N2O4S. The van der Waals surface area contributed by atoms with Crippen LogP contribution >= 0.6 is 0 Å². The van der Waals surface area contributed by atoms with Crippen LogP contribution in [0.5, 0.6) is 0 Å². The summed E-state index contributed by atoms with van der Waals surface area (Å²) >= 11 is 0. The molecule has 0 spiro atoms. The Morgan fingerprint density at radius 2 is 2.13 bits per heavy atom. The molecule has 23 heavy (non-hydrogen) atoms. The minimum absolute atomic E-state index is 0.0336. The van der Waals surface area contributed by atoms with Crippen LogP contribution in [0.15, 0.2) is 18.2 Å². The number of amides is 1. The van der Waals surface area contributed by atoms with Crippen LogP contribution in [0, 0.1) is 13.8 Å². The van der Waals surface area contributed by atoms with Crippen molar-refractivity contribution in [1.82, 2.24) is 5.32 Å². The summed E-state index contributed by atoms with van der Waals surface area (Å²) in [6.07, 6.45) is 3.07. The Labute approximate surface area is 137 Å². The Morgan fingerprint density at radius 1 is 1.39 bits per heavy atom. The van der Waals surface area contributed by atoms with Gasteiger partial charge in [0.15, 0.2) is 0 Å². The first-order chi connectivity index (χ1) is 10.8. The smallest absolute Gasteiger partial charge is 0.240 e. The van der Waals surface area contributed by atoms with Crippen LogP contribution in [0.25, 0.3) is 0 Å². The number of aryl methyl sites for hydroxylation is 2. The van der Waals surface area contributed by atoms with Crippen LogP contribution in [0.2, 0.25) is 0 Å². The number of nitrogens with one attached hydrogen (secondary N) is 1. The molecule has 1 aromatic carbocycles. The molecule has 1 fully saturated rings. The van der Waals surface area contributed by atoms with E-state index in [-0.39, 0.29) is 18.6 Å². The maximum atomic E-state index is 12.2. The summed E-state index contributed by atoms with van der Waals surface area (Å²) in [5.41, 5.74) is 2.30. The molecule has 1 heterocycles. The normalized spacial score (nSPS) is 18.0. The van der Waals surface area contributed by atoms with Gasteiger partial charge in [0.1, 0.15) is 6.54 Å². The molecule has 0 saturated carbocycles. The molecule has 128 valence electrons. The zero-order valence-electron chi connectivity index (χ0n) is 13.8. The average molecular weight is 340 g/mol. The van der Waals surface area contributed by atoms with E-state index in [1.807, 2.05) is 26.0 Å². The fourth-order valence-electron chi connectivity index (χ4n) is 2.59. The van der Waals surface area contributed by atoms with Crippen LogP contribution in [-0.4, -0.2) is 46.4 Å². The molecule has 0 bridgehead atoms. The number of ether oxygens (including phenoxy) is 1. The van der Waals surface area contributed by atoms with Gasteiger partial charge in [-0.3, -0.25) is 9.10 Å². The maximum Gasteiger partial charge on any atom is 0.240 e. The van der Waals surface area contributed by atoms with Crippen LogP contribution in [0.4, 0.5) is 5.69 Å². The molecule has 2 rings (SSSR count). The Bertz CT molecular complexity index is 667. The van der Waals surface area contributed by atoms with Crippen molar-refractivity contribution in [2.24, 2.45) is 0 Å². The molecule has 1 N–H and O–H groups in total. The van der Waals surface area contributed by atoms with E-state index < -0.39 is 10.0 Å². The number of anilines is 1. The van der Waals surface area contributed by atoms with Crippen LogP contribution < -0.4 is 9.62 Å². The zero-order chi connectivity index (χ0) is 17.0. The predicted molar refractivity (Wildman–Crippen MR) is 90.1 cm³/mol. The van der Waals surface area contributed by atoms with E-state index >= 15 is 0 Å². The second-order valence-corrected chi connectivity index (χ2v) is 7.91. The summed E-state index contributed by atoms with van der Waals surface area (Å²) in [7, 11) is -3.55. The van der Waals surface area contributed by atoms with Gasteiger partial charge in [-0.15, -0.1) is 0 Å². The van der Waals surface area contributed by atoms with Gasteiger partial charge in [0.25, 0.3) is 0 Å². The fraction of sp³-hybridized carbons (Fsp3) is 0.562. The van der Waals surface area contributed by atoms with Gasteiger partial charge in [-0.25, -0.2) is 8.42 Å². The lowest BCUT2D eigenvalue weighted by molar-refractivity contribution is -0.120. The first-order valence-electron chi connectivity index (χ1n) is 7.70. The highest BCUT2D eigenvalue weighted by Crippen LogP contribution is 2.23. The lowest BCUT2D eigenvalue weighted by atomic mass is 10.1. The Morgan fingerprint density at radius 3 is 2.74 bits per heavy atom. The van der Waals surface area contributed by atoms with Crippen LogP contribution in [0.1, 0.15) is 24.0 Å². The minimum atomic E-state index is -3.55. The van der Waals surface area contributed by atoms with Crippen molar-refractivity contribution in [2.75, 3.05) is 30.3 Å². The first kappa shape index (κ1) is 17.7. The third kappa shape index (κ3) is 4.94. The number of carbonyl (C=O) groups excluding carboxylic acids is 1. The fourth-order valence-corrected chi connectivity index (χ4v) is 3.49. The summed E-state index contributed by atoms with van der Waals surface area (Å²) in [6, 6.07) is 5.55. The number of nitrogens with zero attached hydrogens (tertiary/aromatic N) is 1. The molecule has 0 unspecified atom stereocenters. The second kappa shape index (κ2) is 7.31. The van der Waals surface area contributed by atoms with Crippen molar-refractivity contribution >= 4 is 21.6 Å². The molecule has 1 atom stereocenters. The molecule has 1 amide bonds. The summed E-state index contributed by atoms with van der Waals surface area (Å²) in [5.74, 6) is -0.327. The Hall–Kier alpha value is -1.60. The molecule has 1 aliphatic rings. The SMILES string of the molecule is Cc1ccc(C)c(N(CC(=O)NC[C@H]2CCCO2)S(C)(=O)=O)c1. The molecular weight excluding hydrogens is 316 g/mol. The summed E-state index contributed by atoms with van der Waals surface area (Å²) in [6.45, 7) is 4.63. The summed E-state index contributed by atoms with van der Waals surface area (Å²) in [5, 5.41) is 2.76. The third-order valence-corrected chi connectivity index (χ3v) is 5.00. The number of sulfonamides is 1. The van der Waals surface area contributed by atoms with Crippen molar-refractivity contribution < 1.29 is 17.9 Å². The van der Waals surface area contributed by atoms with E-state index in [9.17, 15) is 13.2 Å². The van der Waals surface area contributed by atoms with Crippen molar-refractivity contribution in [2.45, 2.75) is 32.8 Å². The first-order valence-corrected chi connectivity index (χ1v) is 9.55.